The molecule has 6 heteroatoms. The highest BCUT2D eigenvalue weighted by atomic mass is 16.2. The lowest BCUT2D eigenvalue weighted by Gasteiger charge is -2.09. The van der Waals surface area contributed by atoms with Crippen LogP contribution < -0.4 is 10.6 Å². The Morgan fingerprint density at radius 2 is 1.92 bits per heavy atom. The van der Waals surface area contributed by atoms with Gasteiger partial charge in [0, 0.05) is 37.4 Å². The van der Waals surface area contributed by atoms with Crippen molar-refractivity contribution < 1.29 is 9.59 Å². The van der Waals surface area contributed by atoms with Crippen LogP contribution in [-0.2, 0) is 22.6 Å². The van der Waals surface area contributed by atoms with E-state index in [2.05, 4.69) is 15.6 Å². The Labute approximate surface area is 145 Å². The van der Waals surface area contributed by atoms with Crippen molar-refractivity contribution in [2.24, 2.45) is 0 Å². The van der Waals surface area contributed by atoms with E-state index in [-0.39, 0.29) is 18.4 Å². The van der Waals surface area contributed by atoms with E-state index >= 15 is 0 Å². The summed E-state index contributed by atoms with van der Waals surface area (Å²) in [7, 11) is 0. The molecule has 0 atom stereocenters. The topological polar surface area (TPSA) is 76.0 Å². The summed E-state index contributed by atoms with van der Waals surface area (Å²) in [6.45, 7) is 2.30. The molecule has 2 N–H and O–H groups in total. The molecule has 0 saturated carbocycles. The third-order valence-electron chi connectivity index (χ3n) is 3.92. The second-order valence-electron chi connectivity index (χ2n) is 5.82. The molecule has 2 aromatic heterocycles. The minimum absolute atomic E-state index is 0.0449. The van der Waals surface area contributed by atoms with Crippen LogP contribution in [0.25, 0.3) is 10.9 Å². The first-order valence-corrected chi connectivity index (χ1v) is 8.14. The van der Waals surface area contributed by atoms with Gasteiger partial charge in [0.05, 0.1) is 11.2 Å². The standard InChI is InChI=1S/C19H20N4O2/c1-14(24)22-17-3-2-4-18-16(17)8-12-23(18)13-19(25)21-11-7-15-5-9-20-10-6-15/h2-6,8-10,12H,7,11,13H2,1H3,(H,21,25)(H,22,24). The molecule has 0 spiro atoms. The van der Waals surface area contributed by atoms with E-state index < -0.39 is 0 Å². The van der Waals surface area contributed by atoms with Crippen molar-refractivity contribution in [2.75, 3.05) is 11.9 Å². The van der Waals surface area contributed by atoms with Gasteiger partial charge in [-0.1, -0.05) is 6.07 Å². The molecule has 0 fully saturated rings. The Morgan fingerprint density at radius 3 is 2.68 bits per heavy atom. The van der Waals surface area contributed by atoms with E-state index in [1.54, 1.807) is 12.4 Å². The third-order valence-corrected chi connectivity index (χ3v) is 3.92. The number of amides is 2. The van der Waals surface area contributed by atoms with E-state index in [0.29, 0.717) is 6.54 Å². The fourth-order valence-corrected chi connectivity index (χ4v) is 2.77. The van der Waals surface area contributed by atoms with E-state index in [9.17, 15) is 9.59 Å². The van der Waals surface area contributed by atoms with Crippen molar-refractivity contribution in [1.29, 1.82) is 0 Å². The number of pyridine rings is 1. The number of rotatable bonds is 6. The van der Waals surface area contributed by atoms with Crippen LogP contribution in [-0.4, -0.2) is 27.9 Å². The number of aromatic nitrogens is 2. The number of carbonyl (C=O) groups excluding carboxylic acids is 2. The van der Waals surface area contributed by atoms with Crippen molar-refractivity contribution in [3.05, 3.63) is 60.6 Å². The molecule has 3 rings (SSSR count). The van der Waals surface area contributed by atoms with Gasteiger partial charge in [0.25, 0.3) is 0 Å². The van der Waals surface area contributed by atoms with Gasteiger partial charge in [-0.15, -0.1) is 0 Å². The molecule has 0 unspecified atom stereocenters. The van der Waals surface area contributed by atoms with Crippen LogP contribution in [0, 0.1) is 0 Å². The Kier molecular flexibility index (Phi) is 5.09. The molecule has 1 aromatic carbocycles. The van der Waals surface area contributed by atoms with Gasteiger partial charge >= 0.3 is 0 Å². The van der Waals surface area contributed by atoms with Gasteiger partial charge in [0.2, 0.25) is 11.8 Å². The van der Waals surface area contributed by atoms with Gasteiger partial charge in [-0.3, -0.25) is 14.6 Å². The first kappa shape index (κ1) is 16.7. The lowest BCUT2D eigenvalue weighted by atomic mass is 10.2. The molecule has 0 aliphatic rings. The summed E-state index contributed by atoms with van der Waals surface area (Å²) in [6.07, 6.45) is 6.12. The summed E-state index contributed by atoms with van der Waals surface area (Å²) in [5.41, 5.74) is 2.80. The third kappa shape index (κ3) is 4.23. The van der Waals surface area contributed by atoms with Crippen LogP contribution in [0.4, 0.5) is 5.69 Å². The van der Waals surface area contributed by atoms with Gasteiger partial charge in [-0.05, 0) is 42.3 Å². The van der Waals surface area contributed by atoms with E-state index in [4.69, 9.17) is 0 Å². The van der Waals surface area contributed by atoms with Gasteiger partial charge < -0.3 is 15.2 Å². The summed E-state index contributed by atoms with van der Waals surface area (Å²) in [5, 5.41) is 6.66. The number of fused-ring (bicyclic) bond motifs is 1. The highest BCUT2D eigenvalue weighted by Crippen LogP contribution is 2.24. The Hall–Kier alpha value is -3.15. The zero-order valence-corrected chi connectivity index (χ0v) is 14.0. The summed E-state index contributed by atoms with van der Waals surface area (Å²) >= 11 is 0. The Morgan fingerprint density at radius 1 is 1.12 bits per heavy atom. The molecule has 0 saturated heterocycles. The lowest BCUT2D eigenvalue weighted by Crippen LogP contribution is -2.29. The minimum atomic E-state index is -0.117. The molecule has 25 heavy (non-hydrogen) atoms. The van der Waals surface area contributed by atoms with Crippen molar-refractivity contribution in [3.8, 4) is 0 Å². The normalized spacial score (nSPS) is 10.6. The van der Waals surface area contributed by atoms with Crippen LogP contribution in [0.3, 0.4) is 0 Å². The van der Waals surface area contributed by atoms with Crippen molar-refractivity contribution in [3.63, 3.8) is 0 Å². The van der Waals surface area contributed by atoms with Crippen LogP contribution >= 0.6 is 0 Å². The number of hydrogen-bond acceptors (Lipinski definition) is 3. The first-order valence-electron chi connectivity index (χ1n) is 8.14. The first-order chi connectivity index (χ1) is 12.1. The number of hydrogen-bond donors (Lipinski definition) is 2. The molecule has 2 heterocycles. The van der Waals surface area contributed by atoms with Gasteiger partial charge in [-0.2, -0.15) is 0 Å². The van der Waals surface area contributed by atoms with Gasteiger partial charge in [0.15, 0.2) is 0 Å². The molecular formula is C19H20N4O2. The van der Waals surface area contributed by atoms with E-state index in [0.717, 1.165) is 28.6 Å². The van der Waals surface area contributed by atoms with Crippen molar-refractivity contribution in [2.45, 2.75) is 19.9 Å². The molecular weight excluding hydrogens is 316 g/mol. The smallest absolute Gasteiger partial charge is 0.239 e. The zero-order valence-electron chi connectivity index (χ0n) is 14.0. The maximum Gasteiger partial charge on any atom is 0.239 e. The second kappa shape index (κ2) is 7.61. The van der Waals surface area contributed by atoms with Crippen LogP contribution in [0.1, 0.15) is 12.5 Å². The molecule has 0 bridgehead atoms. The predicted molar refractivity (Wildman–Crippen MR) is 97.2 cm³/mol. The molecule has 128 valence electrons. The highest BCUT2D eigenvalue weighted by molar-refractivity contribution is 6.01. The lowest BCUT2D eigenvalue weighted by molar-refractivity contribution is -0.121. The van der Waals surface area contributed by atoms with E-state index in [1.807, 2.05) is 47.2 Å². The predicted octanol–water partition coefficient (Wildman–Crippen LogP) is 2.35. The highest BCUT2D eigenvalue weighted by Gasteiger charge is 2.09. The monoisotopic (exact) mass is 336 g/mol. The SMILES string of the molecule is CC(=O)Nc1cccc2c1ccn2CC(=O)NCCc1ccncc1. The molecule has 0 radical (unpaired) electrons. The number of carbonyl (C=O) groups is 2. The summed E-state index contributed by atoms with van der Waals surface area (Å²) in [6, 6.07) is 11.4. The largest absolute Gasteiger partial charge is 0.354 e. The zero-order chi connectivity index (χ0) is 17.6. The fraction of sp³-hybridized carbons (Fsp3) is 0.211. The van der Waals surface area contributed by atoms with Crippen LogP contribution in [0.2, 0.25) is 0 Å². The number of nitrogens with one attached hydrogen (secondary N) is 2. The maximum absolute atomic E-state index is 12.2. The Bertz CT molecular complexity index is 887. The summed E-state index contributed by atoms with van der Waals surface area (Å²) in [4.78, 5) is 27.5. The molecule has 2 amide bonds. The van der Waals surface area contributed by atoms with Crippen molar-refractivity contribution in [1.82, 2.24) is 14.9 Å². The van der Waals surface area contributed by atoms with Crippen LogP contribution in [0.5, 0.6) is 0 Å². The molecule has 0 aliphatic carbocycles. The summed E-state index contributed by atoms with van der Waals surface area (Å²) in [5.74, 6) is -0.161. The Balaban J connectivity index is 1.62. The van der Waals surface area contributed by atoms with Crippen LogP contribution in [0.15, 0.2) is 55.0 Å². The second-order valence-corrected chi connectivity index (χ2v) is 5.82. The maximum atomic E-state index is 12.2. The van der Waals surface area contributed by atoms with E-state index in [1.165, 1.54) is 6.92 Å². The number of benzene rings is 1. The van der Waals surface area contributed by atoms with Gasteiger partial charge in [0.1, 0.15) is 6.54 Å². The summed E-state index contributed by atoms with van der Waals surface area (Å²) < 4.78 is 1.88. The molecule has 0 aliphatic heterocycles. The average Bonchev–Trinajstić information content (AvgIpc) is 2.99. The minimum Gasteiger partial charge on any atom is -0.354 e. The van der Waals surface area contributed by atoms with Gasteiger partial charge in [-0.25, -0.2) is 0 Å². The average molecular weight is 336 g/mol. The quantitative estimate of drug-likeness (QED) is 0.725. The molecule has 3 aromatic rings. The van der Waals surface area contributed by atoms with Crippen molar-refractivity contribution >= 4 is 28.4 Å². The fourth-order valence-electron chi connectivity index (χ4n) is 2.77. The molecule has 6 nitrogen and oxygen atoms in total. The number of nitrogens with zero attached hydrogens (tertiary/aromatic N) is 2. The number of anilines is 1.